The number of H-pyrrole nitrogens is 1. The molecule has 6 heteroatoms. The van der Waals surface area contributed by atoms with Crippen molar-refractivity contribution >= 4 is 22.9 Å². The molecule has 0 aliphatic heterocycles. The zero-order valence-corrected chi connectivity index (χ0v) is 13.2. The van der Waals surface area contributed by atoms with Gasteiger partial charge in [0.2, 0.25) is 0 Å². The molecule has 1 aliphatic rings. The molecular formula is C18H18N4O2. The van der Waals surface area contributed by atoms with Crippen LogP contribution in [0.1, 0.15) is 25.7 Å². The Morgan fingerprint density at radius 3 is 2.79 bits per heavy atom. The van der Waals surface area contributed by atoms with Crippen LogP contribution >= 0.6 is 0 Å². The molecule has 24 heavy (non-hydrogen) atoms. The maximum Gasteiger partial charge on any atom is 0.411 e. The van der Waals surface area contributed by atoms with E-state index in [0.29, 0.717) is 11.3 Å². The Balaban J connectivity index is 1.51. The van der Waals surface area contributed by atoms with Crippen LogP contribution in [-0.4, -0.2) is 27.1 Å². The zero-order valence-electron chi connectivity index (χ0n) is 13.2. The topological polar surface area (TPSA) is 79.9 Å². The van der Waals surface area contributed by atoms with Crippen molar-refractivity contribution in [2.75, 3.05) is 5.32 Å². The number of fused-ring (bicyclic) bond motifs is 1. The Hall–Kier alpha value is -2.89. The normalized spacial score (nSPS) is 14.8. The third kappa shape index (κ3) is 3.08. The minimum atomic E-state index is -0.425. The molecule has 6 nitrogen and oxygen atoms in total. The van der Waals surface area contributed by atoms with Crippen LogP contribution < -0.4 is 5.32 Å². The number of nitrogens with zero attached hydrogens (tertiary/aromatic N) is 2. The van der Waals surface area contributed by atoms with Crippen molar-refractivity contribution in [3.8, 4) is 11.4 Å². The van der Waals surface area contributed by atoms with Crippen LogP contribution in [0.4, 0.5) is 10.5 Å². The highest BCUT2D eigenvalue weighted by molar-refractivity contribution is 5.88. The van der Waals surface area contributed by atoms with Gasteiger partial charge in [0.1, 0.15) is 11.9 Å². The van der Waals surface area contributed by atoms with Gasteiger partial charge in [0.15, 0.2) is 5.65 Å². The van der Waals surface area contributed by atoms with E-state index in [2.05, 4.69) is 20.3 Å². The molecule has 2 aromatic heterocycles. The summed E-state index contributed by atoms with van der Waals surface area (Å²) >= 11 is 0. The second kappa shape index (κ2) is 6.31. The maximum absolute atomic E-state index is 11.9. The Morgan fingerprint density at radius 1 is 1.21 bits per heavy atom. The molecule has 1 saturated carbocycles. The summed E-state index contributed by atoms with van der Waals surface area (Å²) in [6, 6.07) is 11.7. The summed E-state index contributed by atoms with van der Waals surface area (Å²) in [7, 11) is 0. The molecule has 0 spiro atoms. The number of nitrogens with one attached hydrogen (secondary N) is 2. The molecular weight excluding hydrogens is 304 g/mol. The van der Waals surface area contributed by atoms with Crippen molar-refractivity contribution in [2.24, 2.45) is 0 Å². The lowest BCUT2D eigenvalue weighted by Crippen LogP contribution is -2.20. The number of carbonyl (C=O) groups excluding carboxylic acids is 1. The van der Waals surface area contributed by atoms with E-state index in [1.54, 1.807) is 6.20 Å². The first kappa shape index (κ1) is 14.7. The predicted molar refractivity (Wildman–Crippen MR) is 91.7 cm³/mol. The Morgan fingerprint density at radius 2 is 2.00 bits per heavy atom. The van der Waals surface area contributed by atoms with Crippen molar-refractivity contribution < 1.29 is 9.53 Å². The average molecular weight is 322 g/mol. The van der Waals surface area contributed by atoms with E-state index in [1.807, 2.05) is 36.4 Å². The van der Waals surface area contributed by atoms with Gasteiger partial charge in [-0.25, -0.2) is 14.8 Å². The number of amides is 1. The molecule has 1 aliphatic carbocycles. The van der Waals surface area contributed by atoms with Crippen LogP contribution in [0.5, 0.6) is 0 Å². The van der Waals surface area contributed by atoms with E-state index in [4.69, 9.17) is 4.74 Å². The van der Waals surface area contributed by atoms with Crippen molar-refractivity contribution in [3.05, 3.63) is 42.6 Å². The van der Waals surface area contributed by atoms with Gasteiger partial charge in [-0.15, -0.1) is 0 Å². The maximum atomic E-state index is 11.9. The van der Waals surface area contributed by atoms with Crippen LogP contribution in [0.2, 0.25) is 0 Å². The summed E-state index contributed by atoms with van der Waals surface area (Å²) in [6.07, 6.45) is 5.36. The van der Waals surface area contributed by atoms with Crippen LogP contribution in [0.3, 0.4) is 0 Å². The third-order valence-corrected chi connectivity index (χ3v) is 4.21. The Kier molecular flexibility index (Phi) is 3.86. The number of imidazole rings is 1. The van der Waals surface area contributed by atoms with Gasteiger partial charge in [0.25, 0.3) is 0 Å². The first-order valence-corrected chi connectivity index (χ1v) is 8.17. The molecule has 4 rings (SSSR count). The molecule has 2 N–H and O–H groups in total. The Bertz CT molecular complexity index is 854. The highest BCUT2D eigenvalue weighted by atomic mass is 16.6. The van der Waals surface area contributed by atoms with Gasteiger partial charge in [-0.05, 0) is 31.7 Å². The van der Waals surface area contributed by atoms with Crippen LogP contribution in [0, 0.1) is 0 Å². The molecule has 0 radical (unpaired) electrons. The molecule has 0 saturated heterocycles. The average Bonchev–Trinajstić information content (AvgIpc) is 3.24. The molecule has 0 bridgehead atoms. The number of rotatable bonds is 3. The summed E-state index contributed by atoms with van der Waals surface area (Å²) in [5, 5.41) is 2.74. The zero-order chi connectivity index (χ0) is 16.4. The van der Waals surface area contributed by atoms with Crippen LogP contribution in [0.25, 0.3) is 22.6 Å². The van der Waals surface area contributed by atoms with Gasteiger partial charge < -0.3 is 9.72 Å². The fourth-order valence-corrected chi connectivity index (χ4v) is 3.01. The summed E-state index contributed by atoms with van der Waals surface area (Å²) in [5.41, 5.74) is 2.97. The van der Waals surface area contributed by atoms with Crippen molar-refractivity contribution in [3.63, 3.8) is 0 Å². The summed E-state index contributed by atoms with van der Waals surface area (Å²) in [5.74, 6) is 0.754. The number of aromatic amines is 1. The number of aromatic nitrogens is 3. The monoisotopic (exact) mass is 322 g/mol. The summed E-state index contributed by atoms with van der Waals surface area (Å²) in [6.45, 7) is 0. The van der Waals surface area contributed by atoms with E-state index in [0.717, 1.165) is 42.6 Å². The SMILES string of the molecule is O=C(Nc1cnc2nc(-c3ccccc3)[nH]c2c1)OC1CCCC1. The van der Waals surface area contributed by atoms with Crippen molar-refractivity contribution in [1.29, 1.82) is 0 Å². The highest BCUT2D eigenvalue weighted by Gasteiger charge is 2.19. The van der Waals surface area contributed by atoms with Crippen LogP contribution in [0.15, 0.2) is 42.6 Å². The lowest BCUT2D eigenvalue weighted by atomic mass is 10.2. The fourth-order valence-electron chi connectivity index (χ4n) is 3.01. The number of hydrogen-bond donors (Lipinski definition) is 2. The minimum Gasteiger partial charge on any atom is -0.446 e. The number of pyridine rings is 1. The van der Waals surface area contributed by atoms with E-state index >= 15 is 0 Å². The third-order valence-electron chi connectivity index (χ3n) is 4.21. The lowest BCUT2D eigenvalue weighted by molar-refractivity contribution is 0.114. The quantitative estimate of drug-likeness (QED) is 0.760. The number of ether oxygens (including phenoxy) is 1. The smallest absolute Gasteiger partial charge is 0.411 e. The molecule has 1 fully saturated rings. The van der Waals surface area contributed by atoms with Gasteiger partial charge >= 0.3 is 6.09 Å². The first-order valence-electron chi connectivity index (χ1n) is 8.17. The minimum absolute atomic E-state index is 0.0403. The van der Waals surface area contributed by atoms with E-state index in [1.165, 1.54) is 0 Å². The standard InChI is InChI=1S/C18H18N4O2/c23-18(24-14-8-4-5-9-14)20-13-10-15-17(19-11-13)22-16(21-15)12-6-2-1-3-7-12/h1-3,6-7,10-11,14H,4-5,8-9H2,(H,20,23)(H,19,21,22). The number of carbonyl (C=O) groups is 1. The second-order valence-corrected chi connectivity index (χ2v) is 5.98. The number of anilines is 1. The van der Waals surface area contributed by atoms with E-state index in [-0.39, 0.29) is 6.10 Å². The largest absolute Gasteiger partial charge is 0.446 e. The predicted octanol–water partition coefficient (Wildman–Crippen LogP) is 4.12. The van der Waals surface area contributed by atoms with Crippen molar-refractivity contribution in [2.45, 2.75) is 31.8 Å². The first-order chi connectivity index (χ1) is 11.8. The highest BCUT2D eigenvalue weighted by Crippen LogP contribution is 2.23. The van der Waals surface area contributed by atoms with Crippen molar-refractivity contribution in [1.82, 2.24) is 15.0 Å². The molecule has 3 aromatic rings. The second-order valence-electron chi connectivity index (χ2n) is 5.98. The molecule has 1 aromatic carbocycles. The molecule has 2 heterocycles. The molecule has 0 unspecified atom stereocenters. The summed E-state index contributed by atoms with van der Waals surface area (Å²) < 4.78 is 5.40. The van der Waals surface area contributed by atoms with Crippen LogP contribution in [-0.2, 0) is 4.74 Å². The molecule has 1 amide bonds. The van der Waals surface area contributed by atoms with Gasteiger partial charge in [-0.3, -0.25) is 5.32 Å². The number of benzene rings is 1. The van der Waals surface area contributed by atoms with E-state index < -0.39 is 6.09 Å². The molecule has 122 valence electrons. The number of hydrogen-bond acceptors (Lipinski definition) is 4. The van der Waals surface area contributed by atoms with Gasteiger partial charge in [0, 0.05) is 5.56 Å². The van der Waals surface area contributed by atoms with Gasteiger partial charge in [-0.1, -0.05) is 30.3 Å². The lowest BCUT2D eigenvalue weighted by Gasteiger charge is -2.11. The van der Waals surface area contributed by atoms with E-state index in [9.17, 15) is 4.79 Å². The van der Waals surface area contributed by atoms with Gasteiger partial charge in [0.05, 0.1) is 17.4 Å². The fraction of sp³-hybridized carbons (Fsp3) is 0.278. The summed E-state index contributed by atoms with van der Waals surface area (Å²) in [4.78, 5) is 24.0. The molecule has 0 atom stereocenters. The van der Waals surface area contributed by atoms with Gasteiger partial charge in [-0.2, -0.15) is 0 Å². The Labute approximate surface area is 139 Å².